The SMILES string of the molecule is COc1ccc(-c2nc3cc4ccccc4cc3nc2-c2ccc(CO)cc2)cc1. The molecular formula is C26H20N2O2. The first-order valence-corrected chi connectivity index (χ1v) is 9.80. The molecule has 0 aliphatic heterocycles. The summed E-state index contributed by atoms with van der Waals surface area (Å²) in [5, 5.41) is 11.7. The molecule has 0 atom stereocenters. The van der Waals surface area contributed by atoms with Crippen LogP contribution in [0.2, 0.25) is 0 Å². The summed E-state index contributed by atoms with van der Waals surface area (Å²) in [5.41, 5.74) is 6.14. The van der Waals surface area contributed by atoms with Gasteiger partial charge in [0.1, 0.15) is 5.75 Å². The lowest BCUT2D eigenvalue weighted by atomic mass is 10.0. The Kier molecular flexibility index (Phi) is 4.62. The zero-order chi connectivity index (χ0) is 20.5. The summed E-state index contributed by atoms with van der Waals surface area (Å²) in [6.07, 6.45) is 0. The largest absolute Gasteiger partial charge is 0.497 e. The zero-order valence-electron chi connectivity index (χ0n) is 16.5. The molecule has 0 fully saturated rings. The van der Waals surface area contributed by atoms with Crippen LogP contribution in [-0.2, 0) is 6.61 Å². The number of aliphatic hydroxyl groups excluding tert-OH is 1. The molecule has 5 rings (SSSR count). The summed E-state index contributed by atoms with van der Waals surface area (Å²) in [7, 11) is 1.66. The van der Waals surface area contributed by atoms with Gasteiger partial charge in [0.05, 0.1) is 36.1 Å². The van der Waals surface area contributed by atoms with Crippen molar-refractivity contribution in [1.82, 2.24) is 9.97 Å². The number of ether oxygens (including phenoxy) is 1. The Morgan fingerprint density at radius 1 is 0.700 bits per heavy atom. The van der Waals surface area contributed by atoms with Crippen molar-refractivity contribution >= 4 is 21.8 Å². The second kappa shape index (κ2) is 7.58. The Hall–Kier alpha value is -3.76. The molecule has 0 radical (unpaired) electrons. The van der Waals surface area contributed by atoms with Gasteiger partial charge in [-0.15, -0.1) is 0 Å². The molecular weight excluding hydrogens is 372 g/mol. The molecule has 0 aliphatic rings. The lowest BCUT2D eigenvalue weighted by Gasteiger charge is -2.12. The number of fused-ring (bicyclic) bond motifs is 2. The Labute approximate surface area is 174 Å². The zero-order valence-corrected chi connectivity index (χ0v) is 16.5. The van der Waals surface area contributed by atoms with E-state index in [1.54, 1.807) is 7.11 Å². The molecule has 146 valence electrons. The fourth-order valence-corrected chi connectivity index (χ4v) is 3.66. The molecule has 4 heteroatoms. The van der Waals surface area contributed by atoms with Gasteiger partial charge in [0.25, 0.3) is 0 Å². The van der Waals surface area contributed by atoms with Gasteiger partial charge in [-0.3, -0.25) is 0 Å². The molecule has 5 aromatic rings. The van der Waals surface area contributed by atoms with Crippen LogP contribution in [0.15, 0.2) is 84.9 Å². The van der Waals surface area contributed by atoms with E-state index in [1.807, 2.05) is 60.7 Å². The number of hydrogen-bond acceptors (Lipinski definition) is 4. The van der Waals surface area contributed by atoms with Crippen molar-refractivity contribution in [2.24, 2.45) is 0 Å². The van der Waals surface area contributed by atoms with Crippen LogP contribution < -0.4 is 4.74 Å². The first-order valence-electron chi connectivity index (χ1n) is 9.80. The minimum Gasteiger partial charge on any atom is -0.497 e. The van der Waals surface area contributed by atoms with Gasteiger partial charge in [-0.1, -0.05) is 48.5 Å². The normalized spacial score (nSPS) is 11.1. The highest BCUT2D eigenvalue weighted by molar-refractivity contribution is 5.97. The third kappa shape index (κ3) is 3.27. The number of hydrogen-bond donors (Lipinski definition) is 1. The molecule has 0 amide bonds. The number of benzene rings is 4. The first-order chi connectivity index (χ1) is 14.7. The van der Waals surface area contributed by atoms with Crippen LogP contribution in [0.25, 0.3) is 44.3 Å². The number of aromatic nitrogens is 2. The number of methoxy groups -OCH3 is 1. The molecule has 4 nitrogen and oxygen atoms in total. The molecule has 4 aromatic carbocycles. The minimum absolute atomic E-state index is 0.0149. The summed E-state index contributed by atoms with van der Waals surface area (Å²) >= 11 is 0. The van der Waals surface area contributed by atoms with Crippen LogP contribution in [0.5, 0.6) is 5.75 Å². The molecule has 0 saturated heterocycles. The van der Waals surface area contributed by atoms with Crippen LogP contribution in [0, 0.1) is 0 Å². The highest BCUT2D eigenvalue weighted by Gasteiger charge is 2.14. The third-order valence-corrected chi connectivity index (χ3v) is 5.31. The summed E-state index contributed by atoms with van der Waals surface area (Å²) < 4.78 is 5.30. The van der Waals surface area contributed by atoms with E-state index in [9.17, 15) is 5.11 Å². The molecule has 0 unspecified atom stereocenters. The van der Waals surface area contributed by atoms with E-state index in [0.717, 1.165) is 55.6 Å². The van der Waals surface area contributed by atoms with Crippen molar-refractivity contribution in [2.75, 3.05) is 7.11 Å². The monoisotopic (exact) mass is 392 g/mol. The second-order valence-electron chi connectivity index (χ2n) is 7.19. The van der Waals surface area contributed by atoms with E-state index in [4.69, 9.17) is 14.7 Å². The lowest BCUT2D eigenvalue weighted by Crippen LogP contribution is -1.96. The topological polar surface area (TPSA) is 55.2 Å². The van der Waals surface area contributed by atoms with E-state index < -0.39 is 0 Å². The van der Waals surface area contributed by atoms with E-state index >= 15 is 0 Å². The van der Waals surface area contributed by atoms with Crippen molar-refractivity contribution in [2.45, 2.75) is 6.61 Å². The Morgan fingerprint density at radius 2 is 1.20 bits per heavy atom. The van der Waals surface area contributed by atoms with Crippen molar-refractivity contribution in [3.8, 4) is 28.3 Å². The molecule has 0 spiro atoms. The standard InChI is InChI=1S/C26H20N2O2/c1-30-22-12-10-19(11-13-22)26-25(18-8-6-17(16-29)7-9-18)27-23-14-20-4-2-3-5-21(20)15-24(23)28-26/h2-15,29H,16H2,1H3. The quantitative estimate of drug-likeness (QED) is 0.404. The molecule has 0 saturated carbocycles. The van der Waals surface area contributed by atoms with Crippen molar-refractivity contribution < 1.29 is 9.84 Å². The van der Waals surface area contributed by atoms with E-state index in [-0.39, 0.29) is 6.61 Å². The number of nitrogens with zero attached hydrogens (tertiary/aromatic N) is 2. The maximum Gasteiger partial charge on any atom is 0.118 e. The van der Waals surface area contributed by atoms with E-state index in [0.29, 0.717) is 0 Å². The molecule has 1 N–H and O–H groups in total. The van der Waals surface area contributed by atoms with Crippen LogP contribution in [0.3, 0.4) is 0 Å². The van der Waals surface area contributed by atoms with Gasteiger partial charge in [-0.25, -0.2) is 9.97 Å². The molecule has 0 aliphatic carbocycles. The van der Waals surface area contributed by atoms with Gasteiger partial charge >= 0.3 is 0 Å². The highest BCUT2D eigenvalue weighted by atomic mass is 16.5. The van der Waals surface area contributed by atoms with Gasteiger partial charge < -0.3 is 9.84 Å². The molecule has 30 heavy (non-hydrogen) atoms. The van der Waals surface area contributed by atoms with Crippen LogP contribution in [-0.4, -0.2) is 22.2 Å². The van der Waals surface area contributed by atoms with Gasteiger partial charge in [-0.05, 0) is 52.7 Å². The van der Waals surface area contributed by atoms with Gasteiger partial charge in [0.2, 0.25) is 0 Å². The highest BCUT2D eigenvalue weighted by Crippen LogP contribution is 2.33. The Bertz CT molecular complexity index is 1240. The Balaban J connectivity index is 1.77. The summed E-state index contributed by atoms with van der Waals surface area (Å²) in [5.74, 6) is 0.798. The second-order valence-corrected chi connectivity index (χ2v) is 7.19. The predicted octanol–water partition coefficient (Wildman–Crippen LogP) is 5.62. The van der Waals surface area contributed by atoms with Gasteiger partial charge in [-0.2, -0.15) is 0 Å². The van der Waals surface area contributed by atoms with Gasteiger partial charge in [0, 0.05) is 11.1 Å². The average molecular weight is 392 g/mol. The van der Waals surface area contributed by atoms with Crippen LogP contribution in [0.4, 0.5) is 0 Å². The summed E-state index contributed by atoms with van der Waals surface area (Å²) in [4.78, 5) is 10.0. The van der Waals surface area contributed by atoms with E-state index in [2.05, 4.69) is 24.3 Å². The van der Waals surface area contributed by atoms with Gasteiger partial charge in [0.15, 0.2) is 0 Å². The molecule has 0 bridgehead atoms. The molecule has 1 aromatic heterocycles. The maximum atomic E-state index is 9.38. The number of rotatable bonds is 4. The van der Waals surface area contributed by atoms with Crippen molar-refractivity contribution in [3.05, 3.63) is 90.5 Å². The summed E-state index contributed by atoms with van der Waals surface area (Å²) in [6, 6.07) is 28.1. The average Bonchev–Trinajstić information content (AvgIpc) is 2.82. The number of aliphatic hydroxyl groups is 1. The van der Waals surface area contributed by atoms with E-state index in [1.165, 1.54) is 0 Å². The predicted molar refractivity (Wildman–Crippen MR) is 120 cm³/mol. The van der Waals surface area contributed by atoms with Crippen LogP contribution >= 0.6 is 0 Å². The lowest BCUT2D eigenvalue weighted by molar-refractivity contribution is 0.282. The van der Waals surface area contributed by atoms with Crippen molar-refractivity contribution in [1.29, 1.82) is 0 Å². The van der Waals surface area contributed by atoms with Crippen LogP contribution in [0.1, 0.15) is 5.56 Å². The first kappa shape index (κ1) is 18.3. The fraction of sp³-hybridized carbons (Fsp3) is 0.0769. The third-order valence-electron chi connectivity index (χ3n) is 5.31. The smallest absolute Gasteiger partial charge is 0.118 e. The molecule has 1 heterocycles. The maximum absolute atomic E-state index is 9.38. The minimum atomic E-state index is 0.0149. The fourth-order valence-electron chi connectivity index (χ4n) is 3.66. The summed E-state index contributed by atoms with van der Waals surface area (Å²) in [6.45, 7) is 0.0149. The Morgan fingerprint density at radius 3 is 1.67 bits per heavy atom. The van der Waals surface area contributed by atoms with Crippen molar-refractivity contribution in [3.63, 3.8) is 0 Å².